The molecule has 0 amide bonds. The first-order chi connectivity index (χ1) is 39.0. The van der Waals surface area contributed by atoms with Crippen LogP contribution in [0, 0.1) is 6.07 Å². The molecule has 4 heterocycles. The van der Waals surface area contributed by atoms with Gasteiger partial charge in [0, 0.05) is 73.2 Å². The van der Waals surface area contributed by atoms with Crippen LogP contribution >= 0.6 is 0 Å². The van der Waals surface area contributed by atoms with Crippen molar-refractivity contribution in [3.8, 4) is 33.9 Å². The number of nitrogens with zero attached hydrogens (tertiary/aromatic N) is 6. The molecule has 0 unspecified atom stereocenters. The molecule has 2 radical (unpaired) electrons. The van der Waals surface area contributed by atoms with Crippen LogP contribution in [0.3, 0.4) is 0 Å². The summed E-state index contributed by atoms with van der Waals surface area (Å²) in [4.78, 5) is 9.45. The number of hydrogen-bond donors (Lipinski definition) is 0. The molecule has 0 N–H and O–H groups in total. The predicted molar refractivity (Wildman–Crippen MR) is 345 cm³/mol. The van der Waals surface area contributed by atoms with E-state index in [1.807, 2.05) is 18.2 Å². The number of benzene rings is 8. The molecule has 4 aromatic heterocycles. The van der Waals surface area contributed by atoms with Gasteiger partial charge in [-0.25, -0.2) is 18.3 Å². The van der Waals surface area contributed by atoms with E-state index in [2.05, 4.69) is 298 Å². The molecule has 444 valence electrons. The number of para-hydroxylation sites is 6. The Kier molecular flexibility index (Phi) is 21.7. The molecule has 9 heteroatoms. The van der Waals surface area contributed by atoms with Gasteiger partial charge >= 0.3 is 17.1 Å². The van der Waals surface area contributed by atoms with E-state index in [1.165, 1.54) is 88.7 Å². The van der Waals surface area contributed by atoms with Gasteiger partial charge in [-0.2, -0.15) is 18.2 Å². The Morgan fingerprint density at radius 1 is 0.321 bits per heavy atom. The molecule has 8 aromatic carbocycles. The zero-order valence-corrected chi connectivity index (χ0v) is 53.9. The second-order valence-electron chi connectivity index (χ2n) is 24.1. The Morgan fingerprint density at radius 3 is 0.964 bits per heavy atom. The largest absolute Gasteiger partial charge is 1.00 e. The van der Waals surface area contributed by atoms with Gasteiger partial charge in [0.1, 0.15) is 41.8 Å². The number of hydrogen-bond acceptors (Lipinski definition) is 0. The van der Waals surface area contributed by atoms with Crippen LogP contribution in [0.2, 0.25) is 0 Å². The van der Waals surface area contributed by atoms with Crippen molar-refractivity contribution in [3.05, 3.63) is 240 Å². The van der Waals surface area contributed by atoms with Gasteiger partial charge in [0.25, 0.3) is 0 Å². The second-order valence-corrected chi connectivity index (χ2v) is 24.1. The maximum absolute atomic E-state index is 4.72. The van der Waals surface area contributed by atoms with E-state index < -0.39 is 0 Å². The van der Waals surface area contributed by atoms with Crippen molar-refractivity contribution >= 4 is 43.6 Å². The minimum absolute atomic E-state index is 0. The molecule has 12 rings (SSSR count). The summed E-state index contributed by atoms with van der Waals surface area (Å²) in [6.07, 6.45) is 13.2. The summed E-state index contributed by atoms with van der Waals surface area (Å²) in [6.45, 7) is 31.8. The van der Waals surface area contributed by atoms with Gasteiger partial charge in [-0.3, -0.25) is 0 Å². The van der Waals surface area contributed by atoms with E-state index in [9.17, 15) is 0 Å². The van der Waals surface area contributed by atoms with Crippen LogP contribution in [0.15, 0.2) is 195 Å². The fraction of sp³-hybridized carbons (Fsp3) is 0.280. The van der Waals surface area contributed by atoms with Crippen molar-refractivity contribution in [2.75, 3.05) is 0 Å². The summed E-state index contributed by atoms with van der Waals surface area (Å²) < 4.78 is 9.12. The van der Waals surface area contributed by atoms with Gasteiger partial charge in [0.15, 0.2) is 12.7 Å². The van der Waals surface area contributed by atoms with Gasteiger partial charge in [0.2, 0.25) is 0 Å². The van der Waals surface area contributed by atoms with Gasteiger partial charge in [-0.1, -0.05) is 199 Å². The van der Waals surface area contributed by atoms with Crippen molar-refractivity contribution in [1.29, 1.82) is 0 Å². The molecule has 0 aliphatic heterocycles. The molecule has 0 aliphatic carbocycles. The van der Waals surface area contributed by atoms with Crippen molar-refractivity contribution in [3.63, 3.8) is 0 Å². The fourth-order valence-corrected chi connectivity index (χ4v) is 11.7. The van der Waals surface area contributed by atoms with Gasteiger partial charge in [-0.15, -0.1) is 28.1 Å². The molecule has 0 fully saturated rings. The van der Waals surface area contributed by atoms with E-state index in [4.69, 9.17) is 9.97 Å². The first kappa shape index (κ1) is 64.9. The van der Waals surface area contributed by atoms with Gasteiger partial charge in [0.05, 0.1) is 0 Å². The standard InChI is InChI=1S/C27H37N2.C24H14N2.C24H30N2.3Cu/c1-18(2)22-11-9-12-23(19(3)4)26(22)28-15-16-29(17-28)27-24(20(5)6)13-10-14-25(27)21(7)8;1-3-7-21-17(5-1)19-13-15(9-11-23(19)25-21)16-10-12-24-20(14-16)18-6-2-4-8-22(18)26-24;1-17(2)20-10-7-8-13-23(20)25-14-15-26(16-25)24-21(18(3)4)11-9-12-22(24)19(5)6;;;/h9-21H,1-8H3;1-14H;7-12,14-19H,1-6H3;;;/q+1;-2;;;;+1. The minimum Gasteiger partial charge on any atom is -0.657 e. The Hall–Kier alpha value is -6.66. The Labute approximate surface area is 531 Å². The Morgan fingerprint density at radius 2 is 0.619 bits per heavy atom. The summed E-state index contributed by atoms with van der Waals surface area (Å²) in [5, 5.41) is 4.85. The first-order valence-corrected chi connectivity index (χ1v) is 29.5. The average Bonchev–Trinajstić information content (AvgIpc) is 4.40. The first-order valence-electron chi connectivity index (χ1n) is 29.5. The normalized spacial score (nSPS) is 11.4. The van der Waals surface area contributed by atoms with Crippen LogP contribution in [0.4, 0.5) is 0 Å². The van der Waals surface area contributed by atoms with Crippen LogP contribution < -0.4 is 9.97 Å². The second kappa shape index (κ2) is 28.0. The van der Waals surface area contributed by atoms with Crippen LogP contribution in [0.1, 0.15) is 177 Å². The molecule has 12 aromatic rings. The monoisotopic (exact) mass is 1250 g/mol. The minimum atomic E-state index is 0. The molecular weight excluding hydrogens is 1180 g/mol. The predicted octanol–water partition coefficient (Wildman–Crippen LogP) is 20.6. The van der Waals surface area contributed by atoms with Crippen molar-refractivity contribution in [2.24, 2.45) is 0 Å². The molecule has 0 atom stereocenters. The van der Waals surface area contributed by atoms with Gasteiger partial charge in [-0.05, 0) is 117 Å². The zero-order valence-electron chi connectivity index (χ0n) is 51.1. The van der Waals surface area contributed by atoms with E-state index in [1.54, 1.807) is 0 Å². The molecular formula is C75H81Cu3N6. The van der Waals surface area contributed by atoms with E-state index in [0.717, 1.165) is 27.8 Å². The summed E-state index contributed by atoms with van der Waals surface area (Å²) in [5.41, 5.74) is 21.5. The smallest absolute Gasteiger partial charge is 0.657 e. The average molecular weight is 1260 g/mol. The topological polar surface area (TPSA) is 47.9 Å². The van der Waals surface area contributed by atoms with E-state index in [0.29, 0.717) is 41.4 Å². The third kappa shape index (κ3) is 13.4. The number of imidazole rings is 2. The van der Waals surface area contributed by atoms with Crippen LogP contribution in [-0.2, 0) is 51.2 Å². The third-order valence-corrected chi connectivity index (χ3v) is 16.0. The number of fused-ring (bicyclic) bond motifs is 6. The summed E-state index contributed by atoms with van der Waals surface area (Å²) in [7, 11) is 0. The maximum atomic E-state index is 4.72. The summed E-state index contributed by atoms with van der Waals surface area (Å²) >= 11 is 0. The zero-order chi connectivity index (χ0) is 57.2. The molecule has 0 spiro atoms. The Bertz CT molecular complexity index is 3880. The Balaban J connectivity index is 0.000000178. The molecule has 0 saturated carbocycles. The van der Waals surface area contributed by atoms with E-state index >= 15 is 0 Å². The number of aromatic nitrogens is 6. The molecule has 0 bridgehead atoms. The SMILES string of the molecule is CC(C)c1ccc[c-]c1-n1ccn(-c2c(C(C)C)cccc2C(C)C)[cH+]1.CC(C)c1cccc(C(C)C)c1-n1ccn(-c2c(C(C)C)cccc2C(C)C)[cH+]1.[Cu+].[Cu].[Cu].c1ccc2c(c1)[n-]c1ccc(-c3ccc4[n-]c5ccccc5c4c3)cc12. The maximum Gasteiger partial charge on any atom is 1.00 e. The molecule has 6 nitrogen and oxygen atoms in total. The van der Waals surface area contributed by atoms with Gasteiger partial charge < -0.3 is 9.97 Å². The molecule has 84 heavy (non-hydrogen) atoms. The van der Waals surface area contributed by atoms with Crippen molar-refractivity contribution in [2.45, 2.75) is 138 Å². The van der Waals surface area contributed by atoms with Crippen molar-refractivity contribution in [1.82, 2.24) is 28.2 Å². The quantitative estimate of drug-likeness (QED) is 0.0904. The molecule has 0 aliphatic rings. The summed E-state index contributed by atoms with van der Waals surface area (Å²) in [6, 6.07) is 59.6. The van der Waals surface area contributed by atoms with Crippen LogP contribution in [0.5, 0.6) is 0 Å². The third-order valence-electron chi connectivity index (χ3n) is 16.0. The fourth-order valence-electron chi connectivity index (χ4n) is 11.7. The number of rotatable bonds is 12. The molecule has 0 saturated heterocycles. The van der Waals surface area contributed by atoms with Crippen LogP contribution in [0.25, 0.3) is 77.5 Å². The van der Waals surface area contributed by atoms with Crippen LogP contribution in [-0.4, -0.2) is 18.3 Å². The summed E-state index contributed by atoms with van der Waals surface area (Å²) in [5.74, 6) is 3.35. The van der Waals surface area contributed by atoms with Crippen molar-refractivity contribution < 1.29 is 51.2 Å². The van der Waals surface area contributed by atoms with E-state index in [-0.39, 0.29) is 51.2 Å².